The number of fused-ring (bicyclic) bond motifs is 8. The predicted octanol–water partition coefficient (Wildman–Crippen LogP) is 5.82. The van der Waals surface area contributed by atoms with Crippen LogP contribution in [0.1, 0.15) is 116 Å². The number of rotatable bonds is 9. The number of methoxy groups -OCH3 is 1. The lowest BCUT2D eigenvalue weighted by Gasteiger charge is -2.18. The van der Waals surface area contributed by atoms with Crippen LogP contribution in [0.15, 0.2) is 23.0 Å². The molecule has 2 aliphatic heterocycles. The first-order chi connectivity index (χ1) is 23.9. The number of hydrogen-bond acceptors (Lipinski definition) is 6. The van der Waals surface area contributed by atoms with Gasteiger partial charge in [-0.15, -0.1) is 0 Å². The fourth-order valence-electron chi connectivity index (χ4n) is 8.15. The molecule has 0 radical (unpaired) electrons. The van der Waals surface area contributed by atoms with Crippen molar-refractivity contribution < 1.29 is 24.2 Å². The molecule has 9 nitrogen and oxygen atoms in total. The van der Waals surface area contributed by atoms with Crippen molar-refractivity contribution in [2.24, 2.45) is 17.8 Å². The SMILES string of the molecule is CC/C(C)=C/COC(=O)CCc1c2[nH]c(c1C)/C=C1\N/C(=C\c3[nH]c(c(CC)c3C)/C=c3\[nH]c4c(c3C)[C@@H](O)[C@H](C(=O)OC)C=42)[C@H](CC)C1C. The normalized spacial score (nSPS) is 23.8. The Morgan fingerprint density at radius 3 is 2.30 bits per heavy atom. The number of hydrogen-bond donors (Lipinski definition) is 5. The van der Waals surface area contributed by atoms with Gasteiger partial charge in [-0.2, -0.15) is 0 Å². The van der Waals surface area contributed by atoms with Gasteiger partial charge in [-0.1, -0.05) is 33.3 Å². The minimum Gasteiger partial charge on any atom is -0.468 e. The molecule has 0 amide bonds. The molecule has 6 rings (SSSR count). The highest BCUT2D eigenvalue weighted by molar-refractivity contribution is 5.92. The zero-order valence-corrected chi connectivity index (χ0v) is 30.9. The summed E-state index contributed by atoms with van der Waals surface area (Å²) >= 11 is 0. The molecule has 0 saturated carbocycles. The highest BCUT2D eigenvalue weighted by atomic mass is 16.5. The Labute approximate surface area is 294 Å². The number of carbonyl (C=O) groups is 2. The third-order valence-corrected chi connectivity index (χ3v) is 11.4. The van der Waals surface area contributed by atoms with Gasteiger partial charge in [0.25, 0.3) is 0 Å². The zero-order valence-electron chi connectivity index (χ0n) is 30.9. The number of aromatic nitrogens is 3. The molecule has 0 aromatic carbocycles. The smallest absolute Gasteiger partial charge is 0.316 e. The number of ether oxygens (including phenoxy) is 2. The van der Waals surface area contributed by atoms with E-state index in [1.54, 1.807) is 0 Å². The fourth-order valence-corrected chi connectivity index (χ4v) is 8.15. The van der Waals surface area contributed by atoms with Crippen LogP contribution in [-0.4, -0.2) is 45.7 Å². The Balaban J connectivity index is 1.61. The second kappa shape index (κ2) is 14.0. The first kappa shape index (κ1) is 35.3. The van der Waals surface area contributed by atoms with E-state index in [4.69, 9.17) is 9.47 Å². The molecule has 9 heteroatoms. The quantitative estimate of drug-likeness (QED) is 0.143. The Morgan fingerprint density at radius 1 is 0.920 bits per heavy atom. The summed E-state index contributed by atoms with van der Waals surface area (Å²) in [5, 5.41) is 17.2. The van der Waals surface area contributed by atoms with Gasteiger partial charge in [-0.05, 0) is 105 Å². The van der Waals surface area contributed by atoms with Crippen LogP contribution < -0.4 is 16.0 Å². The van der Waals surface area contributed by atoms with Crippen LogP contribution >= 0.6 is 0 Å². The van der Waals surface area contributed by atoms with Crippen molar-refractivity contribution in [2.45, 2.75) is 93.6 Å². The third-order valence-electron chi connectivity index (χ3n) is 11.4. The van der Waals surface area contributed by atoms with Gasteiger partial charge in [0.2, 0.25) is 0 Å². The number of aliphatic hydroxyl groups excluding tert-OH is 1. The Bertz CT molecular complexity index is 2070. The summed E-state index contributed by atoms with van der Waals surface area (Å²) in [4.78, 5) is 37.5. The van der Waals surface area contributed by atoms with Gasteiger partial charge in [0.1, 0.15) is 12.5 Å². The highest BCUT2D eigenvalue weighted by Gasteiger charge is 2.43. The summed E-state index contributed by atoms with van der Waals surface area (Å²) in [5.74, 6) is -1.21. The van der Waals surface area contributed by atoms with Gasteiger partial charge in [-0.25, -0.2) is 0 Å². The van der Waals surface area contributed by atoms with Crippen molar-refractivity contribution in [1.29, 1.82) is 0 Å². The van der Waals surface area contributed by atoms with Crippen LogP contribution in [0.4, 0.5) is 0 Å². The van der Waals surface area contributed by atoms with Gasteiger partial charge < -0.3 is 34.8 Å². The number of esters is 2. The van der Waals surface area contributed by atoms with Crippen LogP contribution in [0.25, 0.3) is 23.8 Å². The molecule has 1 fully saturated rings. The van der Waals surface area contributed by atoms with Crippen molar-refractivity contribution in [3.05, 3.63) is 89.9 Å². The Kier molecular flexibility index (Phi) is 9.91. The molecule has 5 heterocycles. The average molecular weight is 681 g/mol. The van der Waals surface area contributed by atoms with E-state index in [0.29, 0.717) is 28.8 Å². The van der Waals surface area contributed by atoms with Crippen LogP contribution in [0.5, 0.6) is 0 Å². The van der Waals surface area contributed by atoms with Crippen molar-refractivity contribution in [3.63, 3.8) is 0 Å². The molecule has 5 N–H and O–H groups in total. The van der Waals surface area contributed by atoms with Gasteiger partial charge in [0, 0.05) is 68.9 Å². The lowest BCUT2D eigenvalue weighted by molar-refractivity contribution is -0.146. The lowest BCUT2D eigenvalue weighted by Crippen LogP contribution is -2.25. The summed E-state index contributed by atoms with van der Waals surface area (Å²) in [5.41, 5.74) is 13.7. The van der Waals surface area contributed by atoms with E-state index in [1.165, 1.54) is 29.5 Å². The summed E-state index contributed by atoms with van der Waals surface area (Å²) in [6.07, 6.45) is 10.7. The second-order valence-electron chi connectivity index (χ2n) is 14.1. The number of aromatic amines is 3. The minimum atomic E-state index is -1.11. The van der Waals surface area contributed by atoms with Crippen LogP contribution in [0.2, 0.25) is 0 Å². The fraction of sp³-hybridized carbons (Fsp3) is 0.463. The molecule has 4 atom stereocenters. The van der Waals surface area contributed by atoms with Crippen molar-refractivity contribution in [1.82, 2.24) is 20.3 Å². The molecular formula is C41H52N4O5. The second-order valence-corrected chi connectivity index (χ2v) is 14.1. The zero-order chi connectivity index (χ0) is 36.0. The lowest BCUT2D eigenvalue weighted by atomic mass is 9.90. The molecule has 3 aromatic heterocycles. The summed E-state index contributed by atoms with van der Waals surface area (Å²) in [6.45, 7) is 17.2. The van der Waals surface area contributed by atoms with E-state index >= 15 is 0 Å². The van der Waals surface area contributed by atoms with E-state index in [2.05, 4.69) is 80.0 Å². The van der Waals surface area contributed by atoms with Crippen LogP contribution in [0, 0.1) is 38.5 Å². The molecule has 1 unspecified atom stereocenters. The van der Waals surface area contributed by atoms with E-state index in [-0.39, 0.29) is 24.9 Å². The monoisotopic (exact) mass is 680 g/mol. The molecule has 3 aliphatic rings. The van der Waals surface area contributed by atoms with Crippen LogP contribution in [-0.2, 0) is 31.9 Å². The summed E-state index contributed by atoms with van der Waals surface area (Å²) in [7, 11) is 1.35. The molecule has 1 saturated heterocycles. The maximum atomic E-state index is 13.5. The number of aliphatic hydroxyl groups is 1. The number of nitrogens with one attached hydrogen (secondary N) is 4. The number of allylic oxidation sites excluding steroid dienone is 3. The average Bonchev–Trinajstić information content (AvgIpc) is 3.84. The minimum absolute atomic E-state index is 0.169. The summed E-state index contributed by atoms with van der Waals surface area (Å²) in [6, 6.07) is 0. The van der Waals surface area contributed by atoms with E-state index < -0.39 is 18.0 Å². The Morgan fingerprint density at radius 2 is 1.62 bits per heavy atom. The molecule has 50 heavy (non-hydrogen) atoms. The van der Waals surface area contributed by atoms with Gasteiger partial charge in [-0.3, -0.25) is 9.59 Å². The maximum Gasteiger partial charge on any atom is 0.316 e. The van der Waals surface area contributed by atoms with E-state index in [1.807, 2.05) is 19.9 Å². The number of H-pyrrole nitrogens is 3. The summed E-state index contributed by atoms with van der Waals surface area (Å²) < 4.78 is 10.9. The predicted molar refractivity (Wildman–Crippen MR) is 197 cm³/mol. The molecule has 8 bridgehead atoms. The largest absolute Gasteiger partial charge is 0.468 e. The maximum absolute atomic E-state index is 13.5. The molecule has 266 valence electrons. The van der Waals surface area contributed by atoms with Crippen molar-refractivity contribution >= 4 is 35.7 Å². The van der Waals surface area contributed by atoms with Crippen molar-refractivity contribution in [3.8, 4) is 0 Å². The topological polar surface area (TPSA) is 132 Å². The molecular weight excluding hydrogens is 628 g/mol. The van der Waals surface area contributed by atoms with Crippen molar-refractivity contribution in [2.75, 3.05) is 13.7 Å². The first-order valence-corrected chi connectivity index (χ1v) is 18.1. The number of carbonyl (C=O) groups excluding carboxylic acids is 2. The van der Waals surface area contributed by atoms with Crippen LogP contribution in [0.3, 0.4) is 0 Å². The molecule has 3 aromatic rings. The molecule has 1 aliphatic carbocycles. The van der Waals surface area contributed by atoms with E-state index in [0.717, 1.165) is 69.8 Å². The van der Waals surface area contributed by atoms with Gasteiger partial charge in [0.05, 0.1) is 18.6 Å². The van der Waals surface area contributed by atoms with E-state index in [9.17, 15) is 14.7 Å². The van der Waals surface area contributed by atoms with Gasteiger partial charge >= 0.3 is 11.9 Å². The van der Waals surface area contributed by atoms with Gasteiger partial charge in [0.15, 0.2) is 0 Å². The Hall–Kier alpha value is -4.50. The third kappa shape index (κ3) is 5.99. The molecule has 0 spiro atoms. The highest BCUT2D eigenvalue weighted by Crippen LogP contribution is 2.42. The first-order valence-electron chi connectivity index (χ1n) is 18.1. The standard InChI is InChI=1S/C41H52N4O5/c1-10-20(4)15-16-50-34(46)14-13-27-23(7)30-17-28-21(5)25(11-2)32(42-28)18-29-22(6)26(12-3)33(43-29)19-31-24(8)35-39(45-31)36(38(27)44-30)37(40(35)47)41(48)49-9/h15,17-19,21,25,37,40,42-45,47H,10-14,16H2,1-9H3/b20-15+,28-17-,31-19-,32-18-/t21?,25-,37-,40-/m1/s1.